The van der Waals surface area contributed by atoms with Crippen LogP contribution in [0.4, 0.5) is 5.69 Å². The summed E-state index contributed by atoms with van der Waals surface area (Å²) < 4.78 is 33.6. The Labute approximate surface area is 168 Å². The summed E-state index contributed by atoms with van der Waals surface area (Å²) in [6.07, 6.45) is 2.52. The number of piperidine rings is 1. The van der Waals surface area contributed by atoms with E-state index in [0.717, 1.165) is 24.6 Å². The number of hydrogen-bond acceptors (Lipinski definition) is 4. The van der Waals surface area contributed by atoms with E-state index in [-0.39, 0.29) is 6.54 Å². The van der Waals surface area contributed by atoms with Crippen LogP contribution in [0.2, 0.25) is 0 Å². The zero-order valence-corrected chi connectivity index (χ0v) is 18.0. The third kappa shape index (κ3) is 4.67. The van der Waals surface area contributed by atoms with Crippen LogP contribution >= 0.6 is 0 Å². The maximum absolute atomic E-state index is 12.8. The van der Waals surface area contributed by atoms with Crippen LogP contribution in [0.25, 0.3) is 0 Å². The van der Waals surface area contributed by atoms with Crippen molar-refractivity contribution in [1.82, 2.24) is 4.72 Å². The molecule has 28 heavy (non-hydrogen) atoms. The minimum atomic E-state index is -3.60. The number of hydrogen-bond donors (Lipinski definition) is 1. The average molecular weight is 403 g/mol. The molecule has 0 aromatic heterocycles. The monoisotopic (exact) mass is 402 g/mol. The zero-order valence-electron chi connectivity index (χ0n) is 17.2. The normalized spacial score (nSPS) is 17.6. The second-order valence-corrected chi connectivity index (χ2v) is 9.48. The van der Waals surface area contributed by atoms with Gasteiger partial charge in [-0.2, -0.15) is 0 Å². The fourth-order valence-corrected chi connectivity index (χ4v) is 5.42. The van der Waals surface area contributed by atoms with Crippen LogP contribution in [0, 0.1) is 19.8 Å². The molecule has 1 aliphatic rings. The standard InChI is InChI=1S/C22H30N2O3S/c1-16-6-5-11-24(15-16)20-9-7-19(8-10-20)14-23-28(25,26)22-17(2)12-21(27-4)13-18(22)3/h7-10,12-13,16,23H,5-6,11,14-15H2,1-4H3/t16-/m0/s1. The highest BCUT2D eigenvalue weighted by Crippen LogP contribution is 2.26. The molecule has 1 N–H and O–H groups in total. The molecule has 0 unspecified atom stereocenters. The number of nitrogens with one attached hydrogen (secondary N) is 1. The molecule has 5 nitrogen and oxygen atoms in total. The number of sulfonamides is 1. The predicted octanol–water partition coefficient (Wildman–Crippen LogP) is 4.03. The van der Waals surface area contributed by atoms with Crippen molar-refractivity contribution >= 4 is 15.7 Å². The molecule has 1 atom stereocenters. The number of methoxy groups -OCH3 is 1. The highest BCUT2D eigenvalue weighted by Gasteiger charge is 2.21. The van der Waals surface area contributed by atoms with Crippen LogP contribution < -0.4 is 14.4 Å². The average Bonchev–Trinajstić information content (AvgIpc) is 2.66. The lowest BCUT2D eigenvalue weighted by molar-refractivity contribution is 0.413. The zero-order chi connectivity index (χ0) is 20.3. The van der Waals surface area contributed by atoms with E-state index in [1.54, 1.807) is 33.1 Å². The first-order chi connectivity index (χ1) is 13.3. The first kappa shape index (κ1) is 20.7. The largest absolute Gasteiger partial charge is 0.497 e. The molecule has 0 amide bonds. The number of nitrogens with zero attached hydrogens (tertiary/aromatic N) is 1. The SMILES string of the molecule is COc1cc(C)c(S(=O)(=O)NCc2ccc(N3CCC[C@H](C)C3)cc2)c(C)c1. The van der Waals surface area contributed by atoms with Gasteiger partial charge in [-0.15, -0.1) is 0 Å². The van der Waals surface area contributed by atoms with Gasteiger partial charge in [0, 0.05) is 25.3 Å². The van der Waals surface area contributed by atoms with Gasteiger partial charge < -0.3 is 9.64 Å². The van der Waals surface area contributed by atoms with E-state index in [1.165, 1.54) is 18.5 Å². The summed E-state index contributed by atoms with van der Waals surface area (Å²) in [5, 5.41) is 0. The van der Waals surface area contributed by atoms with E-state index < -0.39 is 10.0 Å². The maximum Gasteiger partial charge on any atom is 0.241 e. The summed E-state index contributed by atoms with van der Waals surface area (Å²) >= 11 is 0. The quantitative estimate of drug-likeness (QED) is 0.793. The second kappa shape index (κ2) is 8.53. The molecule has 2 aromatic carbocycles. The van der Waals surface area contributed by atoms with Gasteiger partial charge >= 0.3 is 0 Å². The first-order valence-corrected chi connectivity index (χ1v) is 11.3. The fraction of sp³-hybridized carbons (Fsp3) is 0.455. The number of rotatable bonds is 6. The molecule has 1 aliphatic heterocycles. The van der Waals surface area contributed by atoms with Crippen molar-refractivity contribution < 1.29 is 13.2 Å². The summed E-state index contributed by atoms with van der Waals surface area (Å²) in [6.45, 7) is 8.31. The van der Waals surface area contributed by atoms with Crippen LogP contribution in [-0.4, -0.2) is 28.6 Å². The van der Waals surface area contributed by atoms with Crippen molar-refractivity contribution in [3.05, 3.63) is 53.1 Å². The minimum Gasteiger partial charge on any atom is -0.497 e. The highest BCUT2D eigenvalue weighted by molar-refractivity contribution is 7.89. The summed E-state index contributed by atoms with van der Waals surface area (Å²) in [5.41, 5.74) is 3.51. The van der Waals surface area contributed by atoms with Crippen LogP contribution in [0.3, 0.4) is 0 Å². The lowest BCUT2D eigenvalue weighted by Crippen LogP contribution is -2.34. The van der Waals surface area contributed by atoms with E-state index in [1.807, 2.05) is 12.1 Å². The molecular formula is C22H30N2O3S. The Hall–Kier alpha value is -2.05. The molecule has 152 valence electrons. The van der Waals surface area contributed by atoms with Gasteiger partial charge in [-0.05, 0) is 73.6 Å². The second-order valence-electron chi connectivity index (χ2n) is 7.77. The number of anilines is 1. The molecule has 0 aliphatic carbocycles. The summed E-state index contributed by atoms with van der Waals surface area (Å²) in [6, 6.07) is 11.7. The molecule has 1 fully saturated rings. The van der Waals surface area contributed by atoms with Gasteiger partial charge in [0.15, 0.2) is 0 Å². The predicted molar refractivity (Wildman–Crippen MR) is 114 cm³/mol. The van der Waals surface area contributed by atoms with Gasteiger partial charge in [0.2, 0.25) is 10.0 Å². The number of ether oxygens (including phenoxy) is 1. The van der Waals surface area contributed by atoms with Crippen LogP contribution in [0.15, 0.2) is 41.3 Å². The molecule has 1 heterocycles. The van der Waals surface area contributed by atoms with Gasteiger partial charge in [-0.3, -0.25) is 0 Å². The molecule has 2 aromatic rings. The highest BCUT2D eigenvalue weighted by atomic mass is 32.2. The van der Waals surface area contributed by atoms with Crippen molar-refractivity contribution in [1.29, 1.82) is 0 Å². The van der Waals surface area contributed by atoms with Crippen molar-refractivity contribution in [3.63, 3.8) is 0 Å². The first-order valence-electron chi connectivity index (χ1n) is 9.79. The molecule has 0 spiro atoms. The van der Waals surface area contributed by atoms with Gasteiger partial charge in [0.1, 0.15) is 5.75 Å². The smallest absolute Gasteiger partial charge is 0.241 e. The van der Waals surface area contributed by atoms with E-state index in [2.05, 4.69) is 28.7 Å². The lowest BCUT2D eigenvalue weighted by Gasteiger charge is -2.32. The maximum atomic E-state index is 12.8. The van der Waals surface area contributed by atoms with Crippen LogP contribution in [0.1, 0.15) is 36.5 Å². The number of benzene rings is 2. The molecule has 3 rings (SSSR count). The Morgan fingerprint density at radius 2 is 1.79 bits per heavy atom. The Bertz CT molecular complexity index is 900. The third-order valence-electron chi connectivity index (χ3n) is 5.36. The molecule has 0 bridgehead atoms. The van der Waals surface area contributed by atoms with Crippen molar-refractivity contribution in [3.8, 4) is 5.75 Å². The molecule has 1 saturated heterocycles. The lowest BCUT2D eigenvalue weighted by atomic mass is 9.99. The fourth-order valence-electron chi connectivity index (χ4n) is 3.95. The van der Waals surface area contributed by atoms with E-state index in [9.17, 15) is 8.42 Å². The Morgan fingerprint density at radius 3 is 2.36 bits per heavy atom. The van der Waals surface area contributed by atoms with E-state index in [4.69, 9.17) is 4.74 Å². The van der Waals surface area contributed by atoms with E-state index >= 15 is 0 Å². The Morgan fingerprint density at radius 1 is 1.14 bits per heavy atom. The molecular weight excluding hydrogens is 372 g/mol. The van der Waals surface area contributed by atoms with Crippen molar-refractivity contribution in [2.24, 2.45) is 5.92 Å². The van der Waals surface area contributed by atoms with Gasteiger partial charge in [0.05, 0.1) is 12.0 Å². The Balaban J connectivity index is 1.70. The van der Waals surface area contributed by atoms with Crippen LogP contribution in [0.5, 0.6) is 5.75 Å². The Kier molecular flexibility index (Phi) is 6.30. The van der Waals surface area contributed by atoms with E-state index in [0.29, 0.717) is 21.8 Å². The summed E-state index contributed by atoms with van der Waals surface area (Å²) in [4.78, 5) is 2.74. The van der Waals surface area contributed by atoms with Crippen LogP contribution in [-0.2, 0) is 16.6 Å². The van der Waals surface area contributed by atoms with Crippen molar-refractivity contribution in [2.45, 2.75) is 45.1 Å². The topological polar surface area (TPSA) is 58.6 Å². The third-order valence-corrected chi connectivity index (χ3v) is 7.07. The van der Waals surface area contributed by atoms with Gasteiger partial charge in [-0.1, -0.05) is 19.1 Å². The van der Waals surface area contributed by atoms with Gasteiger partial charge in [-0.25, -0.2) is 13.1 Å². The minimum absolute atomic E-state index is 0.268. The molecule has 6 heteroatoms. The molecule has 0 saturated carbocycles. The summed E-state index contributed by atoms with van der Waals surface area (Å²) in [5.74, 6) is 1.38. The van der Waals surface area contributed by atoms with Gasteiger partial charge in [0.25, 0.3) is 0 Å². The molecule has 0 radical (unpaired) electrons. The van der Waals surface area contributed by atoms with Crippen molar-refractivity contribution in [2.75, 3.05) is 25.1 Å². The number of aryl methyl sites for hydroxylation is 2. The summed E-state index contributed by atoms with van der Waals surface area (Å²) in [7, 11) is -2.02.